The number of pyridine rings is 1. The van der Waals surface area contributed by atoms with Gasteiger partial charge in [0.25, 0.3) is 0 Å². The molecule has 0 aliphatic heterocycles. The third-order valence-corrected chi connectivity index (χ3v) is 11.1. The first kappa shape index (κ1) is 28.0. The lowest BCUT2D eigenvalue weighted by atomic mass is 9.91. The Hall–Kier alpha value is -6.09. The molecular formula is C47H29NS. The van der Waals surface area contributed by atoms with Gasteiger partial charge in [0.05, 0.1) is 11.2 Å². The van der Waals surface area contributed by atoms with Crippen molar-refractivity contribution in [3.63, 3.8) is 0 Å². The van der Waals surface area contributed by atoms with Crippen molar-refractivity contribution in [2.75, 3.05) is 0 Å². The molecule has 0 fully saturated rings. The lowest BCUT2D eigenvalue weighted by Crippen LogP contribution is -1.90. The van der Waals surface area contributed by atoms with Crippen LogP contribution in [0, 0.1) is 0 Å². The molecule has 228 valence electrons. The van der Waals surface area contributed by atoms with Crippen LogP contribution in [0.3, 0.4) is 0 Å². The summed E-state index contributed by atoms with van der Waals surface area (Å²) in [5, 5.41) is 10.2. The first-order valence-electron chi connectivity index (χ1n) is 16.7. The van der Waals surface area contributed by atoms with Gasteiger partial charge in [-0.3, -0.25) is 0 Å². The standard InChI is InChI=1S/C47H29NS/c1-3-13-31(14-4-1)43-44-45(48-42-22-12-11-21-40(42)47(44)49-46(43)33-15-5-2-6-16-33)32-25-23-30(24-26-32)34-27-28-39-37-19-8-7-17-35(37)36-18-9-10-20-38(36)41(39)29-34/h1-29H. The summed E-state index contributed by atoms with van der Waals surface area (Å²) in [6.07, 6.45) is 0. The van der Waals surface area contributed by atoms with E-state index >= 15 is 0 Å². The summed E-state index contributed by atoms with van der Waals surface area (Å²) < 4.78 is 1.27. The van der Waals surface area contributed by atoms with Crippen LogP contribution in [-0.4, -0.2) is 4.98 Å². The van der Waals surface area contributed by atoms with Gasteiger partial charge in [-0.05, 0) is 66.7 Å². The molecule has 0 amide bonds. The van der Waals surface area contributed by atoms with Gasteiger partial charge in [0.2, 0.25) is 0 Å². The first-order valence-corrected chi connectivity index (χ1v) is 17.5. The molecule has 10 rings (SSSR count). The van der Waals surface area contributed by atoms with E-state index in [1.807, 2.05) is 11.3 Å². The molecule has 1 nitrogen and oxygen atoms in total. The monoisotopic (exact) mass is 639 g/mol. The van der Waals surface area contributed by atoms with Crippen LogP contribution in [0.4, 0.5) is 0 Å². The molecule has 0 spiro atoms. The molecule has 0 aliphatic rings. The van der Waals surface area contributed by atoms with E-state index in [9.17, 15) is 0 Å². The van der Waals surface area contributed by atoms with Crippen molar-refractivity contribution in [2.45, 2.75) is 0 Å². The Bertz CT molecular complexity index is 2810. The molecule has 0 saturated carbocycles. The lowest BCUT2D eigenvalue weighted by Gasteiger charge is -2.13. The Balaban J connectivity index is 1.18. The highest BCUT2D eigenvalue weighted by molar-refractivity contribution is 7.24. The molecule has 0 unspecified atom stereocenters. The summed E-state index contributed by atoms with van der Waals surface area (Å²) in [7, 11) is 0. The van der Waals surface area contributed by atoms with Crippen molar-refractivity contribution in [2.24, 2.45) is 0 Å². The van der Waals surface area contributed by atoms with Crippen molar-refractivity contribution in [1.82, 2.24) is 4.98 Å². The molecule has 0 atom stereocenters. The smallest absolute Gasteiger partial charge is 0.0803 e. The van der Waals surface area contributed by atoms with Gasteiger partial charge >= 0.3 is 0 Å². The topological polar surface area (TPSA) is 12.9 Å². The van der Waals surface area contributed by atoms with Crippen molar-refractivity contribution in [3.8, 4) is 44.0 Å². The minimum Gasteiger partial charge on any atom is -0.247 e. The highest BCUT2D eigenvalue weighted by Gasteiger charge is 2.22. The van der Waals surface area contributed by atoms with E-state index in [-0.39, 0.29) is 0 Å². The maximum absolute atomic E-state index is 5.38. The van der Waals surface area contributed by atoms with E-state index in [1.54, 1.807) is 0 Å². The van der Waals surface area contributed by atoms with Gasteiger partial charge in [-0.1, -0.05) is 164 Å². The zero-order valence-electron chi connectivity index (χ0n) is 26.6. The van der Waals surface area contributed by atoms with Crippen LogP contribution in [0.1, 0.15) is 0 Å². The van der Waals surface area contributed by atoms with Crippen LogP contribution in [0.25, 0.3) is 97.3 Å². The number of rotatable bonds is 4. The molecule has 2 aromatic heterocycles. The molecule has 0 saturated heterocycles. The number of fused-ring (bicyclic) bond motifs is 9. The van der Waals surface area contributed by atoms with E-state index < -0.39 is 0 Å². The van der Waals surface area contributed by atoms with Gasteiger partial charge in [0, 0.05) is 31.5 Å². The predicted octanol–water partition coefficient (Wildman–Crippen LogP) is 13.6. The van der Waals surface area contributed by atoms with E-state index in [0.717, 1.165) is 16.8 Å². The van der Waals surface area contributed by atoms with Crippen molar-refractivity contribution in [1.29, 1.82) is 0 Å². The zero-order chi connectivity index (χ0) is 32.3. The fourth-order valence-electron chi connectivity index (χ4n) is 7.58. The quantitative estimate of drug-likeness (QED) is 0.175. The lowest BCUT2D eigenvalue weighted by molar-refractivity contribution is 1.43. The molecular weight excluding hydrogens is 611 g/mol. The van der Waals surface area contributed by atoms with Crippen LogP contribution in [0.5, 0.6) is 0 Å². The predicted molar refractivity (Wildman–Crippen MR) is 211 cm³/mol. The third kappa shape index (κ3) is 4.49. The molecule has 0 N–H and O–H groups in total. The normalized spacial score (nSPS) is 11.7. The SMILES string of the molecule is c1ccc(-c2sc3c(c(-c4ccc(-c5ccc6c7ccccc7c7ccccc7c6c5)cc4)nc4ccccc43)c2-c2ccccc2)cc1. The van der Waals surface area contributed by atoms with Gasteiger partial charge in [-0.15, -0.1) is 11.3 Å². The fourth-order valence-corrected chi connectivity index (χ4v) is 8.94. The van der Waals surface area contributed by atoms with Crippen molar-refractivity contribution < 1.29 is 0 Å². The number of para-hydroxylation sites is 1. The summed E-state index contributed by atoms with van der Waals surface area (Å²) in [6, 6.07) is 63.6. The van der Waals surface area contributed by atoms with Gasteiger partial charge in [0.1, 0.15) is 0 Å². The minimum atomic E-state index is 1.02. The second-order valence-electron chi connectivity index (χ2n) is 12.6. The molecule has 10 aromatic rings. The molecule has 0 bridgehead atoms. The molecule has 49 heavy (non-hydrogen) atoms. The Labute approximate surface area is 288 Å². The van der Waals surface area contributed by atoms with Crippen LogP contribution in [0.15, 0.2) is 176 Å². The van der Waals surface area contributed by atoms with E-state index in [1.165, 1.54) is 80.5 Å². The maximum atomic E-state index is 5.38. The van der Waals surface area contributed by atoms with E-state index in [0.29, 0.717) is 0 Å². The van der Waals surface area contributed by atoms with Crippen LogP contribution >= 0.6 is 11.3 Å². The third-order valence-electron chi connectivity index (χ3n) is 9.86. The van der Waals surface area contributed by atoms with Crippen molar-refractivity contribution in [3.05, 3.63) is 176 Å². The van der Waals surface area contributed by atoms with Gasteiger partial charge in [0.15, 0.2) is 0 Å². The number of thiophene rings is 1. The number of hydrogen-bond donors (Lipinski definition) is 0. The summed E-state index contributed by atoms with van der Waals surface area (Å²) in [5.41, 5.74) is 9.24. The molecule has 0 aliphatic carbocycles. The summed E-state index contributed by atoms with van der Waals surface area (Å²) >= 11 is 1.87. The maximum Gasteiger partial charge on any atom is 0.0803 e. The average Bonchev–Trinajstić information content (AvgIpc) is 3.60. The zero-order valence-corrected chi connectivity index (χ0v) is 27.4. The van der Waals surface area contributed by atoms with Crippen molar-refractivity contribution >= 4 is 64.6 Å². The van der Waals surface area contributed by atoms with Gasteiger partial charge in [-0.2, -0.15) is 0 Å². The number of nitrogens with zero attached hydrogens (tertiary/aromatic N) is 1. The van der Waals surface area contributed by atoms with Crippen LogP contribution in [-0.2, 0) is 0 Å². The average molecular weight is 640 g/mol. The first-order chi connectivity index (χ1) is 24.3. The fraction of sp³-hybridized carbons (Fsp3) is 0. The largest absolute Gasteiger partial charge is 0.247 e. The number of aromatic nitrogens is 1. The van der Waals surface area contributed by atoms with Crippen LogP contribution < -0.4 is 0 Å². The number of benzene rings is 8. The summed E-state index contributed by atoms with van der Waals surface area (Å²) in [4.78, 5) is 6.65. The second-order valence-corrected chi connectivity index (χ2v) is 13.7. The van der Waals surface area contributed by atoms with E-state index in [4.69, 9.17) is 4.98 Å². The van der Waals surface area contributed by atoms with Gasteiger partial charge < -0.3 is 0 Å². The molecule has 8 aromatic carbocycles. The number of hydrogen-bond acceptors (Lipinski definition) is 2. The Morgan fingerprint density at radius 2 is 0.837 bits per heavy atom. The summed E-state index contributed by atoms with van der Waals surface area (Å²) in [5.74, 6) is 0. The molecule has 0 radical (unpaired) electrons. The Morgan fingerprint density at radius 3 is 1.49 bits per heavy atom. The Morgan fingerprint density at radius 1 is 0.347 bits per heavy atom. The van der Waals surface area contributed by atoms with Gasteiger partial charge in [-0.25, -0.2) is 4.98 Å². The van der Waals surface area contributed by atoms with Crippen LogP contribution in [0.2, 0.25) is 0 Å². The summed E-state index contributed by atoms with van der Waals surface area (Å²) in [6.45, 7) is 0. The molecule has 2 heterocycles. The highest BCUT2D eigenvalue weighted by Crippen LogP contribution is 2.50. The molecule has 2 heteroatoms. The van der Waals surface area contributed by atoms with E-state index in [2.05, 4.69) is 176 Å². The Kier molecular flexibility index (Phi) is 6.43. The minimum absolute atomic E-state index is 1.02. The second kappa shape index (κ2) is 11.3. The highest BCUT2D eigenvalue weighted by atomic mass is 32.1.